The van der Waals surface area contributed by atoms with E-state index in [0.29, 0.717) is 19.1 Å². The molecule has 0 radical (unpaired) electrons. The fourth-order valence-corrected chi connectivity index (χ4v) is 2.07. The van der Waals surface area contributed by atoms with Crippen LogP contribution in [0.3, 0.4) is 0 Å². The smallest absolute Gasteiger partial charge is 0.317 e. The van der Waals surface area contributed by atoms with E-state index in [9.17, 15) is 4.79 Å². The fraction of sp³-hybridized carbons (Fsp3) is 0.900. The van der Waals surface area contributed by atoms with Gasteiger partial charge in [0.1, 0.15) is 0 Å². The van der Waals surface area contributed by atoms with Crippen molar-refractivity contribution in [2.24, 2.45) is 11.7 Å². The van der Waals surface area contributed by atoms with Crippen LogP contribution in [0.1, 0.15) is 13.3 Å². The molecule has 86 valence electrons. The highest BCUT2D eigenvalue weighted by Gasteiger charge is 2.31. The van der Waals surface area contributed by atoms with Crippen LogP contribution in [0.5, 0.6) is 0 Å². The lowest BCUT2D eigenvalue weighted by Crippen LogP contribution is -2.44. The van der Waals surface area contributed by atoms with Gasteiger partial charge in [-0.05, 0) is 12.3 Å². The lowest BCUT2D eigenvalue weighted by atomic mass is 10.1. The molecule has 5 nitrogen and oxygen atoms in total. The van der Waals surface area contributed by atoms with Crippen LogP contribution in [0.2, 0.25) is 0 Å². The van der Waals surface area contributed by atoms with Gasteiger partial charge in [0.05, 0.1) is 12.6 Å². The topological polar surface area (TPSA) is 67.6 Å². The van der Waals surface area contributed by atoms with Crippen LogP contribution in [0, 0.1) is 5.92 Å². The lowest BCUT2D eigenvalue weighted by Gasteiger charge is -2.19. The zero-order valence-corrected chi connectivity index (χ0v) is 9.11. The minimum absolute atomic E-state index is 0.00491. The summed E-state index contributed by atoms with van der Waals surface area (Å²) in [6.45, 7) is 4.90. The summed E-state index contributed by atoms with van der Waals surface area (Å²) in [6.07, 6.45) is 0.918. The summed E-state index contributed by atoms with van der Waals surface area (Å²) < 4.78 is 5.20. The van der Waals surface area contributed by atoms with E-state index in [0.717, 1.165) is 19.6 Å². The summed E-state index contributed by atoms with van der Waals surface area (Å²) in [7, 11) is 0. The Morgan fingerprint density at radius 1 is 1.53 bits per heavy atom. The van der Waals surface area contributed by atoms with Gasteiger partial charge in [0.15, 0.2) is 0 Å². The molecular formula is C10H19N3O2. The largest absolute Gasteiger partial charge is 0.379 e. The van der Waals surface area contributed by atoms with Gasteiger partial charge in [0.2, 0.25) is 0 Å². The number of hydrogen-bond acceptors (Lipinski definition) is 3. The molecule has 3 atom stereocenters. The number of amides is 2. The van der Waals surface area contributed by atoms with E-state index in [1.54, 1.807) is 4.90 Å². The molecule has 0 aromatic rings. The number of hydrogen-bond donors (Lipinski definition) is 2. The summed E-state index contributed by atoms with van der Waals surface area (Å²) in [5, 5.41) is 2.97. The average Bonchev–Trinajstić information content (AvgIpc) is 2.78. The predicted octanol–water partition coefficient (Wildman–Crippen LogP) is -0.236. The number of nitrogens with two attached hydrogens (primary N) is 1. The minimum atomic E-state index is 0.00491. The van der Waals surface area contributed by atoms with E-state index in [4.69, 9.17) is 10.5 Å². The molecule has 15 heavy (non-hydrogen) atoms. The Morgan fingerprint density at radius 3 is 2.87 bits per heavy atom. The van der Waals surface area contributed by atoms with Crippen LogP contribution in [0.4, 0.5) is 4.79 Å². The van der Waals surface area contributed by atoms with Crippen molar-refractivity contribution in [3.8, 4) is 0 Å². The van der Waals surface area contributed by atoms with Gasteiger partial charge < -0.3 is 20.7 Å². The number of rotatable bonds is 1. The highest BCUT2D eigenvalue weighted by Crippen LogP contribution is 2.14. The molecule has 3 N–H and O–H groups in total. The number of nitrogens with one attached hydrogen (secondary N) is 1. The van der Waals surface area contributed by atoms with Gasteiger partial charge in [-0.15, -0.1) is 0 Å². The molecule has 0 spiro atoms. The minimum Gasteiger partial charge on any atom is -0.379 e. The van der Waals surface area contributed by atoms with Gasteiger partial charge in [-0.2, -0.15) is 0 Å². The van der Waals surface area contributed by atoms with Crippen molar-refractivity contribution >= 4 is 6.03 Å². The third-order valence-electron chi connectivity index (χ3n) is 3.21. The van der Waals surface area contributed by atoms with E-state index in [2.05, 4.69) is 12.2 Å². The first-order valence-corrected chi connectivity index (χ1v) is 5.55. The zero-order chi connectivity index (χ0) is 10.8. The zero-order valence-electron chi connectivity index (χ0n) is 9.11. The number of nitrogens with zero attached hydrogens (tertiary/aromatic N) is 1. The molecule has 5 heteroatoms. The Labute approximate surface area is 89.9 Å². The maximum atomic E-state index is 11.8. The van der Waals surface area contributed by atoms with Crippen LogP contribution in [0.15, 0.2) is 0 Å². The molecule has 2 rings (SSSR count). The lowest BCUT2D eigenvalue weighted by molar-refractivity contribution is 0.181. The highest BCUT2D eigenvalue weighted by atomic mass is 16.5. The Morgan fingerprint density at radius 2 is 2.33 bits per heavy atom. The van der Waals surface area contributed by atoms with Crippen LogP contribution in [-0.2, 0) is 4.74 Å². The second-order valence-corrected chi connectivity index (χ2v) is 4.56. The molecule has 3 unspecified atom stereocenters. The molecule has 0 aliphatic carbocycles. The summed E-state index contributed by atoms with van der Waals surface area (Å²) in [5.74, 6) is 0.399. The maximum Gasteiger partial charge on any atom is 0.317 e. The summed E-state index contributed by atoms with van der Waals surface area (Å²) in [6, 6.07) is 0.311. The van der Waals surface area contributed by atoms with Crippen LogP contribution >= 0.6 is 0 Å². The molecule has 2 aliphatic heterocycles. The Hall–Kier alpha value is -0.810. The van der Waals surface area contributed by atoms with Gasteiger partial charge in [-0.1, -0.05) is 6.92 Å². The van der Waals surface area contributed by atoms with Crippen molar-refractivity contribution in [2.45, 2.75) is 25.4 Å². The van der Waals surface area contributed by atoms with Gasteiger partial charge in [-0.3, -0.25) is 0 Å². The molecule has 0 bridgehead atoms. The highest BCUT2D eigenvalue weighted by molar-refractivity contribution is 5.75. The molecule has 0 aromatic carbocycles. The molecular weight excluding hydrogens is 194 g/mol. The summed E-state index contributed by atoms with van der Waals surface area (Å²) in [4.78, 5) is 13.6. The monoisotopic (exact) mass is 213 g/mol. The van der Waals surface area contributed by atoms with Crippen molar-refractivity contribution < 1.29 is 9.53 Å². The van der Waals surface area contributed by atoms with Gasteiger partial charge in [0.25, 0.3) is 0 Å². The number of likely N-dealkylation sites (tertiary alicyclic amines) is 1. The van der Waals surface area contributed by atoms with Crippen molar-refractivity contribution in [3.05, 3.63) is 0 Å². The normalized spacial score (nSPS) is 35.9. The van der Waals surface area contributed by atoms with E-state index in [1.165, 1.54) is 0 Å². The van der Waals surface area contributed by atoms with E-state index in [1.807, 2.05) is 0 Å². The number of ether oxygens (including phenoxy) is 1. The van der Waals surface area contributed by atoms with Crippen molar-refractivity contribution in [1.29, 1.82) is 0 Å². The molecule has 2 heterocycles. The third-order valence-corrected chi connectivity index (χ3v) is 3.21. The van der Waals surface area contributed by atoms with Crippen molar-refractivity contribution in [2.75, 3.05) is 26.3 Å². The van der Waals surface area contributed by atoms with Crippen LogP contribution < -0.4 is 11.1 Å². The number of carbonyl (C=O) groups excluding carboxylic acids is 1. The summed E-state index contributed by atoms with van der Waals surface area (Å²) in [5.41, 5.74) is 5.87. The van der Waals surface area contributed by atoms with E-state index < -0.39 is 0 Å². The predicted molar refractivity (Wildman–Crippen MR) is 56.5 cm³/mol. The molecule has 2 fully saturated rings. The molecule has 2 aliphatic rings. The number of carbonyl (C=O) groups is 1. The molecule has 0 saturated carbocycles. The SMILES string of the molecule is CC1CN(C(=O)NC2CCOC2)CC1N. The average molecular weight is 213 g/mol. The van der Waals surface area contributed by atoms with E-state index in [-0.39, 0.29) is 18.1 Å². The fourth-order valence-electron chi connectivity index (χ4n) is 2.07. The molecule has 0 aromatic heterocycles. The Kier molecular flexibility index (Phi) is 3.11. The first kappa shape index (κ1) is 10.7. The van der Waals surface area contributed by atoms with Gasteiger partial charge >= 0.3 is 6.03 Å². The van der Waals surface area contributed by atoms with Gasteiger partial charge in [0, 0.05) is 25.7 Å². The maximum absolute atomic E-state index is 11.8. The van der Waals surface area contributed by atoms with Gasteiger partial charge in [-0.25, -0.2) is 4.79 Å². The Balaban J connectivity index is 1.81. The van der Waals surface area contributed by atoms with Crippen LogP contribution in [-0.4, -0.2) is 49.3 Å². The first-order chi connectivity index (χ1) is 7.16. The standard InChI is InChI=1S/C10H19N3O2/c1-7-4-13(5-9(7)11)10(14)12-8-2-3-15-6-8/h7-9H,2-6,11H2,1H3,(H,12,14). The number of urea groups is 1. The second-order valence-electron chi connectivity index (χ2n) is 4.56. The van der Waals surface area contributed by atoms with E-state index >= 15 is 0 Å². The quantitative estimate of drug-likeness (QED) is 0.632. The molecule has 2 amide bonds. The van der Waals surface area contributed by atoms with Crippen molar-refractivity contribution in [1.82, 2.24) is 10.2 Å². The van der Waals surface area contributed by atoms with Crippen molar-refractivity contribution in [3.63, 3.8) is 0 Å². The second kappa shape index (κ2) is 4.37. The third kappa shape index (κ3) is 2.41. The molecule has 2 saturated heterocycles. The Bertz CT molecular complexity index is 231. The summed E-state index contributed by atoms with van der Waals surface area (Å²) >= 11 is 0. The first-order valence-electron chi connectivity index (χ1n) is 5.55. The van der Waals surface area contributed by atoms with Crippen LogP contribution in [0.25, 0.3) is 0 Å².